The molecule has 0 aliphatic rings. The highest BCUT2D eigenvalue weighted by atomic mass is 32.1. The second kappa shape index (κ2) is 3.92. The molecule has 5 nitrogen and oxygen atoms in total. The molecule has 0 bridgehead atoms. The molecule has 0 fully saturated rings. The van der Waals surface area contributed by atoms with Crippen LogP contribution in [-0.2, 0) is 0 Å². The number of oxazole rings is 1. The summed E-state index contributed by atoms with van der Waals surface area (Å²) < 4.78 is 5.38. The first-order valence-corrected chi connectivity index (χ1v) is 6.08. The maximum atomic E-state index is 10.8. The van der Waals surface area contributed by atoms with Crippen molar-refractivity contribution in [1.82, 2.24) is 9.97 Å². The number of carboxylic acids is 1. The molecule has 0 amide bonds. The molecule has 0 saturated heterocycles. The van der Waals surface area contributed by atoms with Crippen LogP contribution in [0, 0.1) is 6.92 Å². The summed E-state index contributed by atoms with van der Waals surface area (Å²) in [5, 5.41) is 10.6. The Hall–Kier alpha value is -2.21. The Kier molecular flexibility index (Phi) is 2.38. The first-order chi connectivity index (χ1) is 8.63. The van der Waals surface area contributed by atoms with Gasteiger partial charge in [-0.3, -0.25) is 0 Å². The Morgan fingerprint density at radius 2 is 2.22 bits per heavy atom. The molecule has 0 aliphatic carbocycles. The van der Waals surface area contributed by atoms with Crippen molar-refractivity contribution in [3.63, 3.8) is 0 Å². The summed E-state index contributed by atoms with van der Waals surface area (Å²) >= 11 is 1.11. The summed E-state index contributed by atoms with van der Waals surface area (Å²) in [4.78, 5) is 19.1. The van der Waals surface area contributed by atoms with Crippen molar-refractivity contribution in [2.24, 2.45) is 0 Å². The van der Waals surface area contributed by atoms with E-state index >= 15 is 0 Å². The number of nitrogens with zero attached hydrogens (tertiary/aromatic N) is 2. The number of aromatic nitrogens is 2. The smallest absolute Gasteiger partial charge is 0.365 e. The third kappa shape index (κ3) is 1.76. The first kappa shape index (κ1) is 10.9. The molecule has 0 saturated carbocycles. The van der Waals surface area contributed by atoms with E-state index in [0.29, 0.717) is 17.2 Å². The number of hydrogen-bond donors (Lipinski definition) is 1. The molecule has 6 heteroatoms. The minimum atomic E-state index is -1.01. The Labute approximate surface area is 106 Å². The SMILES string of the molecule is Cc1nc2cc(-c3csc(C(=O)O)n3)ccc2o1. The van der Waals surface area contributed by atoms with Crippen molar-refractivity contribution in [3.05, 3.63) is 34.5 Å². The minimum absolute atomic E-state index is 0.0847. The second-order valence-electron chi connectivity index (χ2n) is 3.76. The van der Waals surface area contributed by atoms with Crippen LogP contribution in [0.1, 0.15) is 15.7 Å². The van der Waals surface area contributed by atoms with E-state index in [2.05, 4.69) is 9.97 Å². The van der Waals surface area contributed by atoms with Crippen molar-refractivity contribution in [2.45, 2.75) is 6.92 Å². The van der Waals surface area contributed by atoms with Crippen molar-refractivity contribution in [3.8, 4) is 11.3 Å². The quantitative estimate of drug-likeness (QED) is 0.766. The molecular weight excluding hydrogens is 252 g/mol. The number of aromatic carboxylic acids is 1. The summed E-state index contributed by atoms with van der Waals surface area (Å²) in [6.07, 6.45) is 0. The number of carbonyl (C=O) groups is 1. The van der Waals surface area contributed by atoms with Crippen molar-refractivity contribution in [2.75, 3.05) is 0 Å². The number of carboxylic acid groups (broad SMARTS) is 1. The Balaban J connectivity index is 2.09. The van der Waals surface area contributed by atoms with Crippen LogP contribution >= 0.6 is 11.3 Å². The molecule has 0 radical (unpaired) electrons. The topological polar surface area (TPSA) is 76.2 Å². The van der Waals surface area contributed by atoms with E-state index in [9.17, 15) is 4.79 Å². The van der Waals surface area contributed by atoms with Crippen LogP contribution in [0.5, 0.6) is 0 Å². The van der Waals surface area contributed by atoms with E-state index in [0.717, 1.165) is 22.4 Å². The van der Waals surface area contributed by atoms with Gasteiger partial charge in [-0.1, -0.05) is 0 Å². The van der Waals surface area contributed by atoms with Gasteiger partial charge >= 0.3 is 5.97 Å². The zero-order chi connectivity index (χ0) is 12.7. The molecule has 3 aromatic rings. The highest BCUT2D eigenvalue weighted by Gasteiger charge is 2.11. The molecular formula is C12H8N2O3S. The van der Waals surface area contributed by atoms with E-state index in [1.54, 1.807) is 12.3 Å². The summed E-state index contributed by atoms with van der Waals surface area (Å²) in [5.41, 5.74) is 2.93. The van der Waals surface area contributed by atoms with Crippen LogP contribution in [0.15, 0.2) is 28.0 Å². The van der Waals surface area contributed by atoms with Gasteiger partial charge in [0.1, 0.15) is 5.52 Å². The maximum absolute atomic E-state index is 10.8. The Bertz CT molecular complexity index is 745. The predicted octanol–water partition coefficient (Wildman–Crippen LogP) is 2.96. The molecule has 3 rings (SSSR count). The number of hydrogen-bond acceptors (Lipinski definition) is 5. The third-order valence-electron chi connectivity index (χ3n) is 2.48. The van der Waals surface area contributed by atoms with Gasteiger partial charge < -0.3 is 9.52 Å². The standard InChI is InChI=1S/C12H8N2O3S/c1-6-13-8-4-7(2-3-10(8)17-6)9-5-18-11(14-9)12(15)16/h2-5H,1H3,(H,15,16). The molecule has 0 atom stereocenters. The number of fused-ring (bicyclic) bond motifs is 1. The number of benzene rings is 1. The van der Waals surface area contributed by atoms with Gasteiger partial charge in [-0.25, -0.2) is 14.8 Å². The molecule has 2 heterocycles. The average molecular weight is 260 g/mol. The van der Waals surface area contributed by atoms with Gasteiger partial charge in [0, 0.05) is 17.9 Å². The van der Waals surface area contributed by atoms with Crippen molar-refractivity contribution in [1.29, 1.82) is 0 Å². The van der Waals surface area contributed by atoms with Crippen LogP contribution in [0.3, 0.4) is 0 Å². The van der Waals surface area contributed by atoms with Crippen molar-refractivity contribution >= 4 is 28.4 Å². The Morgan fingerprint density at radius 3 is 2.94 bits per heavy atom. The molecule has 18 heavy (non-hydrogen) atoms. The number of aryl methyl sites for hydroxylation is 1. The largest absolute Gasteiger partial charge is 0.476 e. The van der Waals surface area contributed by atoms with Crippen molar-refractivity contribution < 1.29 is 14.3 Å². The maximum Gasteiger partial charge on any atom is 0.365 e. The van der Waals surface area contributed by atoms with Gasteiger partial charge in [-0.2, -0.15) is 0 Å². The van der Waals surface area contributed by atoms with E-state index in [-0.39, 0.29) is 5.01 Å². The molecule has 90 valence electrons. The van der Waals surface area contributed by atoms with Crippen LogP contribution in [-0.4, -0.2) is 21.0 Å². The van der Waals surface area contributed by atoms with Crippen LogP contribution in [0.25, 0.3) is 22.4 Å². The molecule has 2 aromatic heterocycles. The fourth-order valence-corrected chi connectivity index (χ4v) is 2.37. The van der Waals surface area contributed by atoms with Gasteiger partial charge in [-0.05, 0) is 18.2 Å². The molecule has 0 spiro atoms. The highest BCUT2D eigenvalue weighted by Crippen LogP contribution is 2.26. The van der Waals surface area contributed by atoms with E-state index in [1.807, 2.05) is 18.2 Å². The lowest BCUT2D eigenvalue weighted by molar-refractivity contribution is 0.0696. The molecule has 1 aromatic carbocycles. The number of thiazole rings is 1. The molecule has 0 unspecified atom stereocenters. The van der Waals surface area contributed by atoms with E-state index < -0.39 is 5.97 Å². The summed E-state index contributed by atoms with van der Waals surface area (Å²) in [7, 11) is 0. The summed E-state index contributed by atoms with van der Waals surface area (Å²) in [5.74, 6) is -0.406. The van der Waals surface area contributed by atoms with Gasteiger partial charge in [0.15, 0.2) is 11.5 Å². The monoisotopic (exact) mass is 260 g/mol. The summed E-state index contributed by atoms with van der Waals surface area (Å²) in [6.45, 7) is 1.78. The minimum Gasteiger partial charge on any atom is -0.476 e. The van der Waals surface area contributed by atoms with Crippen LogP contribution in [0.4, 0.5) is 0 Å². The lowest BCUT2D eigenvalue weighted by Crippen LogP contribution is -1.94. The van der Waals surface area contributed by atoms with Crippen LogP contribution in [0.2, 0.25) is 0 Å². The zero-order valence-electron chi connectivity index (χ0n) is 9.38. The highest BCUT2D eigenvalue weighted by molar-refractivity contribution is 7.11. The molecule has 1 N–H and O–H groups in total. The normalized spacial score (nSPS) is 10.9. The lowest BCUT2D eigenvalue weighted by atomic mass is 10.1. The molecule has 0 aliphatic heterocycles. The lowest BCUT2D eigenvalue weighted by Gasteiger charge is -1.94. The summed E-state index contributed by atoms with van der Waals surface area (Å²) in [6, 6.07) is 5.49. The van der Waals surface area contributed by atoms with Gasteiger partial charge in [-0.15, -0.1) is 11.3 Å². The van der Waals surface area contributed by atoms with E-state index in [4.69, 9.17) is 9.52 Å². The van der Waals surface area contributed by atoms with Gasteiger partial charge in [0.2, 0.25) is 5.01 Å². The fourth-order valence-electron chi connectivity index (χ4n) is 1.71. The van der Waals surface area contributed by atoms with Gasteiger partial charge in [0.05, 0.1) is 5.69 Å². The third-order valence-corrected chi connectivity index (χ3v) is 3.31. The fraction of sp³-hybridized carbons (Fsp3) is 0.0833. The van der Waals surface area contributed by atoms with E-state index in [1.165, 1.54) is 0 Å². The van der Waals surface area contributed by atoms with Crippen LogP contribution < -0.4 is 0 Å². The number of rotatable bonds is 2. The van der Waals surface area contributed by atoms with Gasteiger partial charge in [0.25, 0.3) is 0 Å². The first-order valence-electron chi connectivity index (χ1n) is 5.20. The average Bonchev–Trinajstić information content (AvgIpc) is 2.91. The Morgan fingerprint density at radius 1 is 1.39 bits per heavy atom. The predicted molar refractivity (Wildman–Crippen MR) is 66.8 cm³/mol. The zero-order valence-corrected chi connectivity index (χ0v) is 10.2. The second-order valence-corrected chi connectivity index (χ2v) is 4.62.